The van der Waals surface area contributed by atoms with Crippen LogP contribution in [-0.4, -0.2) is 21.0 Å². The van der Waals surface area contributed by atoms with Gasteiger partial charge in [0.2, 0.25) is 4.90 Å². The first kappa shape index (κ1) is 5.18. The van der Waals surface area contributed by atoms with Crippen LogP contribution in [0.3, 0.4) is 0 Å². The lowest BCUT2D eigenvalue weighted by Crippen LogP contribution is -2.14. The standard InChI is InChI=1S/C8H10NO2/c1-2-7-5-3-4-6-8(7)9(10)11/h2-6,10-11H,1H3/q+1/b7-2+/i2D/hD. The molecule has 3 heteroatoms. The summed E-state index contributed by atoms with van der Waals surface area (Å²) in [5.41, 5.74) is 0.808. The molecule has 0 aromatic carbocycles. The normalized spacial score (nSPS) is 27.4. The van der Waals surface area contributed by atoms with Gasteiger partial charge in [0.15, 0.2) is 0 Å². The van der Waals surface area contributed by atoms with E-state index >= 15 is 0 Å². The zero-order valence-corrected chi connectivity index (χ0v) is 6.11. The van der Waals surface area contributed by atoms with Crippen molar-refractivity contribution >= 4 is 5.71 Å². The molecule has 2 N–H and O–H groups in total. The van der Waals surface area contributed by atoms with Crippen molar-refractivity contribution in [2.24, 2.45) is 0 Å². The summed E-state index contributed by atoms with van der Waals surface area (Å²) in [5, 5.41) is 13.0. The SMILES string of the molecule is [2H]O/[N+](O)=C1/C=CC=C/C1=C(/[2H])C. The average Bonchev–Trinajstić information content (AvgIpc) is 2.16. The summed E-state index contributed by atoms with van der Waals surface area (Å²) in [5.74, 6) is 0. The molecule has 0 aromatic heterocycles. The number of hydrogen-bond acceptors (Lipinski definition) is 2. The molecule has 0 fully saturated rings. The van der Waals surface area contributed by atoms with Crippen molar-refractivity contribution in [2.75, 3.05) is 0 Å². The molecule has 0 aliphatic heterocycles. The van der Waals surface area contributed by atoms with E-state index in [1.165, 1.54) is 0 Å². The molecular formula is C8H10NO2+. The highest BCUT2D eigenvalue weighted by molar-refractivity contribution is 6.07. The minimum atomic E-state index is 0.282. The molecule has 0 amide bonds. The summed E-state index contributed by atoms with van der Waals surface area (Å²) in [7, 11) is 0. The van der Waals surface area contributed by atoms with E-state index < -0.39 is 0 Å². The monoisotopic (exact) mass is 154 g/mol. The molecule has 0 bridgehead atoms. The highest BCUT2D eigenvalue weighted by atomic mass is 16.8. The molecule has 1 rings (SSSR count). The van der Waals surface area contributed by atoms with Crippen LogP contribution < -0.4 is 0 Å². The molecule has 0 radical (unpaired) electrons. The van der Waals surface area contributed by atoms with Crippen LogP contribution >= 0.6 is 0 Å². The number of allylic oxidation sites excluding steroid dienone is 6. The van der Waals surface area contributed by atoms with Gasteiger partial charge in [-0.3, -0.25) is 0 Å². The molecular weight excluding hydrogens is 142 g/mol. The van der Waals surface area contributed by atoms with Gasteiger partial charge in [-0.1, -0.05) is 18.2 Å². The minimum Gasteiger partial charge on any atom is -0.244 e. The second-order valence-electron chi connectivity index (χ2n) is 2.04. The summed E-state index contributed by atoms with van der Waals surface area (Å²) >= 11 is 0. The van der Waals surface area contributed by atoms with Crippen LogP contribution in [0.1, 0.15) is 8.29 Å². The van der Waals surface area contributed by atoms with E-state index in [9.17, 15) is 0 Å². The van der Waals surface area contributed by atoms with E-state index in [0.717, 1.165) is 0 Å². The Bertz CT molecular complexity index is 325. The van der Waals surface area contributed by atoms with Crippen LogP contribution in [-0.2, 0) is 0 Å². The lowest BCUT2D eigenvalue weighted by molar-refractivity contribution is -0.954. The fourth-order valence-electron chi connectivity index (χ4n) is 0.852. The van der Waals surface area contributed by atoms with E-state index in [1.807, 2.05) is 0 Å². The van der Waals surface area contributed by atoms with Gasteiger partial charge in [-0.15, -0.1) is 0 Å². The first-order valence-corrected chi connectivity index (χ1v) is 3.18. The Morgan fingerprint density at radius 1 is 1.64 bits per heavy atom. The quantitative estimate of drug-likeness (QED) is 0.441. The third-order valence-electron chi connectivity index (χ3n) is 1.38. The second kappa shape index (κ2) is 3.05. The Labute approximate surface area is 67.7 Å². The van der Waals surface area contributed by atoms with Crippen LogP contribution in [0.2, 0.25) is 1.43 Å². The van der Waals surface area contributed by atoms with Gasteiger partial charge in [0.25, 0.3) is 0 Å². The van der Waals surface area contributed by atoms with Gasteiger partial charge in [0, 0.05) is 6.08 Å². The summed E-state index contributed by atoms with van der Waals surface area (Å²) in [6.07, 6.45) is 6.65. The van der Waals surface area contributed by atoms with Crippen molar-refractivity contribution in [1.29, 1.82) is 0 Å². The zero-order chi connectivity index (χ0) is 9.84. The smallest absolute Gasteiger partial charge is 0.244 e. The highest BCUT2D eigenvalue weighted by Gasteiger charge is 2.15. The summed E-state index contributed by atoms with van der Waals surface area (Å²) in [6, 6.07) is 0.298. The molecule has 1 aliphatic rings. The van der Waals surface area contributed by atoms with Gasteiger partial charge in [-0.25, -0.2) is 10.4 Å². The number of rotatable bonds is 1. The Morgan fingerprint density at radius 2 is 2.36 bits per heavy atom. The lowest BCUT2D eigenvalue weighted by Gasteiger charge is -1.96. The third-order valence-corrected chi connectivity index (χ3v) is 1.38. The fourth-order valence-corrected chi connectivity index (χ4v) is 0.852. The molecule has 11 heavy (non-hydrogen) atoms. The Morgan fingerprint density at radius 3 is 3.00 bits per heavy atom. The van der Waals surface area contributed by atoms with Crippen LogP contribution in [0.25, 0.3) is 0 Å². The maximum atomic E-state index is 9.09. The van der Waals surface area contributed by atoms with E-state index in [4.69, 9.17) is 8.01 Å². The topological polar surface area (TPSA) is 43.5 Å². The Balaban J connectivity index is 3.18. The van der Waals surface area contributed by atoms with E-state index in [1.54, 1.807) is 31.2 Å². The molecule has 0 saturated carbocycles. The van der Waals surface area contributed by atoms with Gasteiger partial charge >= 0.3 is 7.14 Å². The third kappa shape index (κ3) is 1.49. The molecule has 0 aromatic rings. The summed E-state index contributed by atoms with van der Waals surface area (Å²) < 4.78 is 13.9. The van der Waals surface area contributed by atoms with Gasteiger partial charge in [-0.05, 0) is 13.0 Å². The molecule has 1 aliphatic carbocycles. The van der Waals surface area contributed by atoms with Crippen molar-refractivity contribution < 1.29 is 18.1 Å². The summed E-state index contributed by atoms with van der Waals surface area (Å²) in [4.78, 5) is 0.313. The fraction of sp³-hybridized carbons (Fsp3) is 0.125. The van der Waals surface area contributed by atoms with Gasteiger partial charge in [0.1, 0.15) is 0 Å². The molecule has 0 unspecified atom stereocenters. The summed E-state index contributed by atoms with van der Waals surface area (Å²) in [6.45, 7) is 1.59. The molecule has 58 valence electrons. The van der Waals surface area contributed by atoms with Crippen LogP contribution in [0.15, 0.2) is 35.9 Å². The maximum absolute atomic E-state index is 9.09. The predicted octanol–water partition coefficient (Wildman–Crippen LogP) is 1.29. The van der Waals surface area contributed by atoms with Crippen molar-refractivity contribution in [3.05, 3.63) is 35.9 Å². The number of hydrogen-bond donors (Lipinski definition) is 2. The maximum Gasteiger partial charge on any atom is 0.392 e. The molecule has 0 saturated heterocycles. The Hall–Kier alpha value is -1.51. The van der Waals surface area contributed by atoms with E-state index in [-0.39, 0.29) is 5.71 Å². The van der Waals surface area contributed by atoms with Crippen molar-refractivity contribution in [3.8, 4) is 0 Å². The largest absolute Gasteiger partial charge is 0.392 e. The van der Waals surface area contributed by atoms with E-state index in [2.05, 4.69) is 5.21 Å². The zero-order valence-electron chi connectivity index (χ0n) is 8.11. The number of nitrogens with zero attached hydrogens (tertiary/aromatic N) is 1. The van der Waals surface area contributed by atoms with Gasteiger partial charge in [0.05, 0.1) is 6.94 Å². The van der Waals surface area contributed by atoms with E-state index in [0.29, 0.717) is 16.5 Å². The predicted molar refractivity (Wildman–Crippen MR) is 40.9 cm³/mol. The molecule has 0 spiro atoms. The van der Waals surface area contributed by atoms with Crippen molar-refractivity contribution in [2.45, 2.75) is 6.92 Å². The van der Waals surface area contributed by atoms with Gasteiger partial charge < -0.3 is 0 Å². The lowest BCUT2D eigenvalue weighted by atomic mass is 10.1. The first-order chi connectivity index (χ1) is 6.16. The molecule has 0 atom stereocenters. The van der Waals surface area contributed by atoms with Crippen molar-refractivity contribution in [3.63, 3.8) is 0 Å². The minimum absolute atomic E-state index is 0.282. The van der Waals surface area contributed by atoms with Gasteiger partial charge in [-0.2, -0.15) is 0 Å². The first-order valence-electron chi connectivity index (χ1n) is 4.09. The molecule has 3 nitrogen and oxygen atoms in total. The molecule has 0 heterocycles. The van der Waals surface area contributed by atoms with Crippen LogP contribution in [0, 0.1) is 0 Å². The highest BCUT2D eigenvalue weighted by Crippen LogP contribution is 2.06. The second-order valence-corrected chi connectivity index (χ2v) is 2.04. The van der Waals surface area contributed by atoms with Crippen LogP contribution in [0.5, 0.6) is 0 Å². The Kier molecular flexibility index (Phi) is 1.44. The van der Waals surface area contributed by atoms with Crippen molar-refractivity contribution in [1.82, 2.24) is 0 Å². The van der Waals surface area contributed by atoms with Crippen LogP contribution in [0.4, 0.5) is 0 Å². The average molecular weight is 154 g/mol.